The number of likely N-dealkylation sites (tertiary alicyclic amines) is 1. The number of hydrogen-bond acceptors (Lipinski definition) is 6. The zero-order valence-electron chi connectivity index (χ0n) is 19.8. The monoisotopic (exact) mass is 466 g/mol. The van der Waals surface area contributed by atoms with Crippen LogP contribution in [0.4, 0.5) is 5.82 Å². The molecule has 34 heavy (non-hydrogen) atoms. The minimum Gasteiger partial charge on any atom is -0.550 e. The molecule has 8 nitrogen and oxygen atoms in total. The van der Waals surface area contributed by atoms with E-state index in [0.717, 1.165) is 45.0 Å². The summed E-state index contributed by atoms with van der Waals surface area (Å²) in [6, 6.07) is 13.2. The number of ether oxygens (including phenoxy) is 1. The van der Waals surface area contributed by atoms with Crippen molar-refractivity contribution in [2.45, 2.75) is 19.3 Å². The Balaban J connectivity index is 1.33. The predicted octanol–water partition coefficient (Wildman–Crippen LogP) is 0.104. The van der Waals surface area contributed by atoms with Gasteiger partial charge in [0.1, 0.15) is 11.6 Å². The molecule has 0 spiro atoms. The highest BCUT2D eigenvalue weighted by Crippen LogP contribution is 2.29. The number of quaternary nitrogens is 1. The Morgan fingerprint density at radius 3 is 2.50 bits per heavy atom. The Morgan fingerprint density at radius 2 is 1.85 bits per heavy atom. The number of amides is 1. The second-order valence-corrected chi connectivity index (χ2v) is 9.33. The van der Waals surface area contributed by atoms with Crippen LogP contribution in [-0.4, -0.2) is 74.7 Å². The first-order valence-electron chi connectivity index (χ1n) is 12.2. The number of methoxy groups -OCH3 is 1. The molecule has 0 saturated carbocycles. The molecule has 8 heteroatoms. The first-order chi connectivity index (χ1) is 16.5. The number of aliphatic carboxylic acids is 1. The summed E-state index contributed by atoms with van der Waals surface area (Å²) in [6.07, 6.45) is 3.50. The van der Waals surface area contributed by atoms with Gasteiger partial charge < -0.3 is 29.3 Å². The molecular formula is C26H34N4O4. The molecule has 2 aliphatic rings. The van der Waals surface area contributed by atoms with Crippen LogP contribution in [0, 0.1) is 11.8 Å². The number of hydrogen-bond donors (Lipinski definition) is 1. The number of anilines is 1. The van der Waals surface area contributed by atoms with Crippen LogP contribution in [0.5, 0.6) is 5.75 Å². The summed E-state index contributed by atoms with van der Waals surface area (Å²) < 4.78 is 5.19. The molecular weight excluding hydrogens is 432 g/mol. The SMILES string of the molecule is COc1ccc(C(=O)N2CC[C@@H](CC(=O)[O-])[C@@H](CC[NH+]3CCN(c4ccccn4)CC3)C2)cc1. The number of nitrogens with one attached hydrogen (secondary N) is 1. The summed E-state index contributed by atoms with van der Waals surface area (Å²) in [5.74, 6) is 0.954. The maximum Gasteiger partial charge on any atom is 0.253 e. The Hall–Kier alpha value is -3.13. The number of benzene rings is 1. The van der Waals surface area contributed by atoms with Gasteiger partial charge in [-0.1, -0.05) is 6.07 Å². The molecule has 1 amide bonds. The van der Waals surface area contributed by atoms with E-state index >= 15 is 0 Å². The van der Waals surface area contributed by atoms with Crippen LogP contribution in [-0.2, 0) is 4.79 Å². The van der Waals surface area contributed by atoms with E-state index in [1.54, 1.807) is 31.4 Å². The first-order valence-corrected chi connectivity index (χ1v) is 12.2. The van der Waals surface area contributed by atoms with Crippen LogP contribution in [0.3, 0.4) is 0 Å². The van der Waals surface area contributed by atoms with E-state index < -0.39 is 5.97 Å². The van der Waals surface area contributed by atoms with Crippen molar-refractivity contribution < 1.29 is 24.3 Å². The number of piperazine rings is 1. The second kappa shape index (κ2) is 11.3. The molecule has 182 valence electrons. The van der Waals surface area contributed by atoms with Crippen LogP contribution in [0.2, 0.25) is 0 Å². The summed E-state index contributed by atoms with van der Waals surface area (Å²) >= 11 is 0. The topological polar surface area (TPSA) is 90.2 Å². The minimum absolute atomic E-state index is 0.00382. The van der Waals surface area contributed by atoms with Gasteiger partial charge >= 0.3 is 0 Å². The van der Waals surface area contributed by atoms with Crippen molar-refractivity contribution >= 4 is 17.7 Å². The average molecular weight is 467 g/mol. The van der Waals surface area contributed by atoms with Crippen molar-refractivity contribution in [3.63, 3.8) is 0 Å². The highest BCUT2D eigenvalue weighted by atomic mass is 16.5. The quantitative estimate of drug-likeness (QED) is 0.594. The van der Waals surface area contributed by atoms with Gasteiger partial charge in [0.2, 0.25) is 0 Å². The van der Waals surface area contributed by atoms with E-state index in [2.05, 4.69) is 9.88 Å². The number of nitrogens with zero attached hydrogens (tertiary/aromatic N) is 3. The summed E-state index contributed by atoms with van der Waals surface area (Å²) in [7, 11) is 1.60. The molecule has 0 aliphatic carbocycles. The van der Waals surface area contributed by atoms with Crippen LogP contribution < -0.4 is 19.6 Å². The third kappa shape index (κ3) is 6.05. The zero-order valence-corrected chi connectivity index (χ0v) is 19.8. The largest absolute Gasteiger partial charge is 0.550 e. The average Bonchev–Trinajstić information content (AvgIpc) is 2.88. The molecule has 2 aliphatic heterocycles. The van der Waals surface area contributed by atoms with Crippen molar-refractivity contribution in [2.24, 2.45) is 11.8 Å². The lowest BCUT2D eigenvalue weighted by Crippen LogP contribution is -3.15. The third-order valence-electron chi connectivity index (χ3n) is 7.26. The van der Waals surface area contributed by atoms with Crippen molar-refractivity contribution in [1.29, 1.82) is 0 Å². The molecule has 1 aromatic carbocycles. The number of carbonyl (C=O) groups excluding carboxylic acids is 2. The van der Waals surface area contributed by atoms with Gasteiger partial charge in [-0.3, -0.25) is 4.79 Å². The number of carboxylic acids is 1. The molecule has 3 heterocycles. The number of piperidine rings is 1. The molecule has 0 bridgehead atoms. The van der Waals surface area contributed by atoms with Crippen molar-refractivity contribution in [2.75, 3.05) is 57.8 Å². The van der Waals surface area contributed by atoms with Gasteiger partial charge in [-0.25, -0.2) is 4.98 Å². The molecule has 1 aromatic heterocycles. The standard InChI is InChI=1S/C26H34N4O4/c1-34-23-7-5-20(6-8-23)26(33)30-13-10-21(18-25(31)32)22(19-30)9-12-28-14-16-29(17-15-28)24-4-2-3-11-27-24/h2-8,11,21-22H,9-10,12-19H2,1H3,(H,31,32)/t21-,22-/m0/s1. The lowest BCUT2D eigenvalue weighted by atomic mass is 9.81. The smallest absolute Gasteiger partial charge is 0.253 e. The van der Waals surface area contributed by atoms with Crippen LogP contribution >= 0.6 is 0 Å². The van der Waals surface area contributed by atoms with Crippen molar-refractivity contribution in [3.8, 4) is 5.75 Å². The lowest BCUT2D eigenvalue weighted by Gasteiger charge is -2.40. The van der Waals surface area contributed by atoms with E-state index in [9.17, 15) is 14.7 Å². The number of aromatic nitrogens is 1. The number of rotatable bonds is 8. The fourth-order valence-electron chi connectivity index (χ4n) is 5.22. The zero-order chi connectivity index (χ0) is 23.9. The van der Waals surface area contributed by atoms with Gasteiger partial charge in [-0.05, 0) is 61.1 Å². The normalized spacial score (nSPS) is 21.3. The fraction of sp³-hybridized carbons (Fsp3) is 0.500. The van der Waals surface area contributed by atoms with E-state index in [0.29, 0.717) is 30.8 Å². The highest BCUT2D eigenvalue weighted by molar-refractivity contribution is 5.94. The predicted molar refractivity (Wildman–Crippen MR) is 127 cm³/mol. The lowest BCUT2D eigenvalue weighted by molar-refractivity contribution is -0.901. The molecule has 2 aromatic rings. The highest BCUT2D eigenvalue weighted by Gasteiger charge is 2.33. The van der Waals surface area contributed by atoms with Gasteiger partial charge in [0, 0.05) is 37.2 Å². The van der Waals surface area contributed by atoms with Crippen LogP contribution in [0.15, 0.2) is 48.7 Å². The van der Waals surface area contributed by atoms with E-state index in [-0.39, 0.29) is 24.2 Å². The van der Waals surface area contributed by atoms with Gasteiger partial charge in [0.15, 0.2) is 0 Å². The number of carboxylic acid groups (broad SMARTS) is 1. The second-order valence-electron chi connectivity index (χ2n) is 9.33. The summed E-state index contributed by atoms with van der Waals surface area (Å²) in [6.45, 7) is 6.13. The van der Waals surface area contributed by atoms with Gasteiger partial charge in [-0.2, -0.15) is 0 Å². The first kappa shape index (κ1) is 24.0. The van der Waals surface area contributed by atoms with Crippen LogP contribution in [0.1, 0.15) is 29.6 Å². The molecule has 2 saturated heterocycles. The van der Waals surface area contributed by atoms with Gasteiger partial charge in [-0.15, -0.1) is 0 Å². The molecule has 0 unspecified atom stereocenters. The Morgan fingerprint density at radius 1 is 1.09 bits per heavy atom. The van der Waals surface area contributed by atoms with E-state index in [1.165, 1.54) is 4.90 Å². The summed E-state index contributed by atoms with van der Waals surface area (Å²) in [4.78, 5) is 34.6. The minimum atomic E-state index is -0.999. The van der Waals surface area contributed by atoms with Gasteiger partial charge in [0.25, 0.3) is 5.91 Å². The van der Waals surface area contributed by atoms with Gasteiger partial charge in [0.05, 0.1) is 39.8 Å². The Labute approximate surface area is 201 Å². The van der Waals surface area contributed by atoms with E-state index in [4.69, 9.17) is 4.74 Å². The number of pyridine rings is 1. The Bertz CT molecular complexity index is 945. The maximum atomic E-state index is 13.1. The van der Waals surface area contributed by atoms with Crippen LogP contribution in [0.25, 0.3) is 0 Å². The summed E-state index contributed by atoms with van der Waals surface area (Å²) in [5, 5.41) is 11.4. The Kier molecular flexibility index (Phi) is 8.00. The van der Waals surface area contributed by atoms with E-state index in [1.807, 2.05) is 29.3 Å². The molecule has 2 atom stereocenters. The van der Waals surface area contributed by atoms with Crippen molar-refractivity contribution in [3.05, 3.63) is 54.2 Å². The summed E-state index contributed by atoms with van der Waals surface area (Å²) in [5.41, 5.74) is 0.633. The molecule has 0 radical (unpaired) electrons. The third-order valence-corrected chi connectivity index (χ3v) is 7.26. The molecule has 4 rings (SSSR count). The number of carbonyl (C=O) groups is 2. The maximum absolute atomic E-state index is 13.1. The fourth-order valence-corrected chi connectivity index (χ4v) is 5.22. The van der Waals surface area contributed by atoms with Crippen molar-refractivity contribution in [1.82, 2.24) is 9.88 Å². The molecule has 1 N–H and O–H groups in total. The molecule has 2 fully saturated rings.